The molecular weight excluding hydrogens is 366 g/mol. The molecule has 0 aromatic heterocycles. The van der Waals surface area contributed by atoms with E-state index in [-0.39, 0.29) is 12.7 Å². The van der Waals surface area contributed by atoms with Crippen molar-refractivity contribution in [2.45, 2.75) is 52.2 Å². The smallest absolute Gasteiger partial charge is 0.410 e. The van der Waals surface area contributed by atoms with Crippen LogP contribution in [-0.4, -0.2) is 72.4 Å². The average Bonchev–Trinajstić information content (AvgIpc) is 2.72. The number of carbonyl (C=O) groups is 1. The van der Waals surface area contributed by atoms with Gasteiger partial charge in [0.05, 0.1) is 6.61 Å². The van der Waals surface area contributed by atoms with E-state index in [4.69, 9.17) is 4.74 Å². The number of piperidine rings is 1. The summed E-state index contributed by atoms with van der Waals surface area (Å²) in [6.45, 7) is 12.9. The normalized spacial score (nSPS) is 19.4. The highest BCUT2D eigenvalue weighted by Crippen LogP contribution is 2.23. The lowest BCUT2D eigenvalue weighted by Crippen LogP contribution is -2.47. The first-order chi connectivity index (χ1) is 13.8. The maximum Gasteiger partial charge on any atom is 0.410 e. The van der Waals surface area contributed by atoms with Gasteiger partial charge in [-0.3, -0.25) is 4.90 Å². The number of carbonyl (C=O) groups excluding carboxylic acids is 1. The van der Waals surface area contributed by atoms with Crippen molar-refractivity contribution < 1.29 is 14.6 Å². The molecule has 0 atom stereocenters. The fourth-order valence-corrected chi connectivity index (χ4v) is 4.18. The molecule has 2 saturated heterocycles. The molecule has 2 aliphatic heterocycles. The molecular formula is C23H37N3O3. The minimum Gasteiger partial charge on any atom is -0.444 e. The zero-order valence-corrected chi connectivity index (χ0v) is 18.3. The minimum atomic E-state index is -0.421. The fraction of sp³-hybridized carbons (Fsp3) is 0.696. The van der Waals surface area contributed by atoms with Crippen molar-refractivity contribution in [3.8, 4) is 0 Å². The molecule has 29 heavy (non-hydrogen) atoms. The molecule has 1 N–H and O–H groups in total. The second kappa shape index (κ2) is 9.81. The van der Waals surface area contributed by atoms with E-state index < -0.39 is 5.60 Å². The SMILES string of the molecule is CC(C)(C)OC(=O)N1CCC(CCN2CCN(c3cccc(CO)c3)CC2)CC1. The third-order valence-corrected chi connectivity index (χ3v) is 5.95. The molecule has 0 saturated carbocycles. The van der Waals surface area contributed by atoms with Crippen LogP contribution in [-0.2, 0) is 11.3 Å². The number of hydrogen-bond donors (Lipinski definition) is 1. The molecule has 0 radical (unpaired) electrons. The summed E-state index contributed by atoms with van der Waals surface area (Å²) >= 11 is 0. The van der Waals surface area contributed by atoms with Crippen LogP contribution >= 0.6 is 0 Å². The van der Waals surface area contributed by atoms with Crippen LogP contribution in [0.5, 0.6) is 0 Å². The van der Waals surface area contributed by atoms with E-state index in [1.54, 1.807) is 0 Å². The summed E-state index contributed by atoms with van der Waals surface area (Å²) in [5.41, 5.74) is 1.77. The lowest BCUT2D eigenvalue weighted by atomic mass is 9.93. The maximum atomic E-state index is 12.2. The number of benzene rings is 1. The number of rotatable bonds is 5. The van der Waals surface area contributed by atoms with Gasteiger partial charge in [0.15, 0.2) is 0 Å². The van der Waals surface area contributed by atoms with E-state index in [1.165, 1.54) is 12.1 Å². The van der Waals surface area contributed by atoms with E-state index in [1.807, 2.05) is 37.8 Å². The summed E-state index contributed by atoms with van der Waals surface area (Å²) in [5.74, 6) is 0.702. The number of aliphatic hydroxyl groups excluding tert-OH is 1. The van der Waals surface area contributed by atoms with E-state index in [0.717, 1.165) is 64.2 Å². The summed E-state index contributed by atoms with van der Waals surface area (Å²) in [7, 11) is 0. The second-order valence-corrected chi connectivity index (χ2v) is 9.36. The Morgan fingerprint density at radius 1 is 1.10 bits per heavy atom. The first-order valence-electron chi connectivity index (χ1n) is 11.0. The Balaban J connectivity index is 1.35. The lowest BCUT2D eigenvalue weighted by Gasteiger charge is -2.38. The van der Waals surface area contributed by atoms with Crippen LogP contribution in [0.4, 0.5) is 10.5 Å². The molecule has 1 aromatic carbocycles. The van der Waals surface area contributed by atoms with Gasteiger partial charge in [-0.15, -0.1) is 0 Å². The molecule has 1 amide bonds. The highest BCUT2D eigenvalue weighted by molar-refractivity contribution is 5.68. The second-order valence-electron chi connectivity index (χ2n) is 9.36. The van der Waals surface area contributed by atoms with Crippen LogP contribution < -0.4 is 4.90 Å². The predicted molar refractivity (Wildman–Crippen MR) is 116 cm³/mol. The van der Waals surface area contributed by atoms with E-state index >= 15 is 0 Å². The molecule has 6 nitrogen and oxygen atoms in total. The van der Waals surface area contributed by atoms with Crippen molar-refractivity contribution in [3.63, 3.8) is 0 Å². The summed E-state index contributed by atoms with van der Waals surface area (Å²) in [6.07, 6.45) is 3.19. The highest BCUT2D eigenvalue weighted by atomic mass is 16.6. The van der Waals surface area contributed by atoms with Crippen LogP contribution in [0.15, 0.2) is 24.3 Å². The number of ether oxygens (including phenoxy) is 1. The van der Waals surface area contributed by atoms with E-state index in [0.29, 0.717) is 5.92 Å². The van der Waals surface area contributed by atoms with Crippen LogP contribution in [0, 0.1) is 5.92 Å². The molecule has 0 aliphatic carbocycles. The zero-order chi connectivity index (χ0) is 20.9. The van der Waals surface area contributed by atoms with Crippen LogP contribution in [0.3, 0.4) is 0 Å². The largest absolute Gasteiger partial charge is 0.444 e. The van der Waals surface area contributed by atoms with Gasteiger partial charge >= 0.3 is 6.09 Å². The zero-order valence-electron chi connectivity index (χ0n) is 18.3. The Bertz CT molecular complexity index is 658. The molecule has 3 rings (SSSR count). The molecule has 6 heteroatoms. The molecule has 0 spiro atoms. The number of likely N-dealkylation sites (tertiary alicyclic amines) is 1. The number of amides is 1. The molecule has 2 heterocycles. The minimum absolute atomic E-state index is 0.0978. The molecule has 1 aromatic rings. The molecule has 2 fully saturated rings. The Hall–Kier alpha value is -1.79. The maximum absolute atomic E-state index is 12.2. The topological polar surface area (TPSA) is 56.2 Å². The summed E-state index contributed by atoms with van der Waals surface area (Å²) < 4.78 is 5.49. The Morgan fingerprint density at radius 2 is 1.79 bits per heavy atom. The van der Waals surface area contributed by atoms with E-state index in [9.17, 15) is 9.90 Å². The number of hydrogen-bond acceptors (Lipinski definition) is 5. The predicted octanol–water partition coefficient (Wildman–Crippen LogP) is 3.34. The summed E-state index contributed by atoms with van der Waals surface area (Å²) in [4.78, 5) is 19.0. The van der Waals surface area contributed by atoms with Crippen LogP contribution in [0.2, 0.25) is 0 Å². The van der Waals surface area contributed by atoms with E-state index in [2.05, 4.69) is 21.9 Å². The van der Waals surface area contributed by atoms with Gasteiger partial charge in [-0.05, 0) is 70.2 Å². The van der Waals surface area contributed by atoms with Crippen molar-refractivity contribution in [2.75, 3.05) is 50.7 Å². The van der Waals surface area contributed by atoms with Crippen molar-refractivity contribution in [2.24, 2.45) is 5.92 Å². The Kier molecular flexibility index (Phi) is 7.41. The first-order valence-corrected chi connectivity index (χ1v) is 11.0. The summed E-state index contributed by atoms with van der Waals surface area (Å²) in [5, 5.41) is 9.34. The van der Waals surface area contributed by atoms with Crippen molar-refractivity contribution in [1.29, 1.82) is 0 Å². The molecule has 0 unspecified atom stereocenters. The number of piperazine rings is 1. The quantitative estimate of drug-likeness (QED) is 0.817. The number of nitrogens with zero attached hydrogens (tertiary/aromatic N) is 3. The van der Waals surface area contributed by atoms with Gasteiger partial charge in [0.2, 0.25) is 0 Å². The van der Waals surface area contributed by atoms with Gasteiger partial charge in [-0.25, -0.2) is 4.79 Å². The third-order valence-electron chi connectivity index (χ3n) is 5.95. The number of anilines is 1. The number of aliphatic hydroxyl groups is 1. The van der Waals surface area contributed by atoms with Gasteiger partial charge < -0.3 is 19.6 Å². The van der Waals surface area contributed by atoms with Crippen LogP contribution in [0.25, 0.3) is 0 Å². The van der Waals surface area contributed by atoms with Crippen molar-refractivity contribution >= 4 is 11.8 Å². The molecule has 2 aliphatic rings. The van der Waals surface area contributed by atoms with Crippen molar-refractivity contribution in [3.05, 3.63) is 29.8 Å². The summed E-state index contributed by atoms with van der Waals surface area (Å²) in [6, 6.07) is 8.21. The highest BCUT2D eigenvalue weighted by Gasteiger charge is 2.27. The Morgan fingerprint density at radius 3 is 2.41 bits per heavy atom. The van der Waals surface area contributed by atoms with Crippen molar-refractivity contribution in [1.82, 2.24) is 9.80 Å². The monoisotopic (exact) mass is 403 g/mol. The Labute approximate surface area is 175 Å². The van der Waals surface area contributed by atoms with Gasteiger partial charge in [0.1, 0.15) is 5.60 Å². The first kappa shape index (κ1) is 21.9. The molecule has 0 bridgehead atoms. The lowest BCUT2D eigenvalue weighted by molar-refractivity contribution is 0.0177. The van der Waals surface area contributed by atoms with Gasteiger partial charge in [0.25, 0.3) is 0 Å². The third kappa shape index (κ3) is 6.61. The fourth-order valence-electron chi connectivity index (χ4n) is 4.18. The molecule has 162 valence electrons. The van der Waals surface area contributed by atoms with Gasteiger partial charge in [-0.1, -0.05) is 12.1 Å². The van der Waals surface area contributed by atoms with Gasteiger partial charge in [0, 0.05) is 45.0 Å². The average molecular weight is 404 g/mol. The van der Waals surface area contributed by atoms with Crippen LogP contribution in [0.1, 0.15) is 45.6 Å². The standard InChI is InChI=1S/C23H37N3O3/c1-23(2,3)29-22(28)26-11-8-19(9-12-26)7-10-24-13-15-25(16-14-24)21-6-4-5-20(17-21)18-27/h4-6,17,19,27H,7-16,18H2,1-3H3. The van der Waals surface area contributed by atoms with Gasteiger partial charge in [-0.2, -0.15) is 0 Å².